The minimum atomic E-state index is -0.400. The van der Waals surface area contributed by atoms with E-state index in [4.69, 9.17) is 9.15 Å². The summed E-state index contributed by atoms with van der Waals surface area (Å²) >= 11 is 0. The first-order valence-corrected chi connectivity index (χ1v) is 8.88. The van der Waals surface area contributed by atoms with Gasteiger partial charge in [0.15, 0.2) is 5.82 Å². The van der Waals surface area contributed by atoms with Gasteiger partial charge in [0.25, 0.3) is 5.56 Å². The molecule has 27 heavy (non-hydrogen) atoms. The molecule has 2 aromatic heterocycles. The second-order valence-electron chi connectivity index (χ2n) is 6.29. The molecule has 1 aliphatic rings. The fourth-order valence-electron chi connectivity index (χ4n) is 3.10. The number of nitrogens with one attached hydrogen (secondary N) is 1. The first kappa shape index (κ1) is 17.3. The van der Waals surface area contributed by atoms with Crippen molar-refractivity contribution in [3.05, 3.63) is 63.5 Å². The molecule has 4 rings (SSSR count). The predicted octanol–water partition coefficient (Wildman–Crippen LogP) is 0.838. The number of nitrogens with zero attached hydrogens (tertiary/aromatic N) is 3. The van der Waals surface area contributed by atoms with Crippen molar-refractivity contribution in [2.45, 2.75) is 6.54 Å². The smallest absolute Gasteiger partial charge is 0.336 e. The van der Waals surface area contributed by atoms with Crippen molar-refractivity contribution in [3.8, 4) is 5.75 Å². The molecule has 0 atom stereocenters. The summed E-state index contributed by atoms with van der Waals surface area (Å²) < 4.78 is 12.5. The van der Waals surface area contributed by atoms with Gasteiger partial charge in [0.1, 0.15) is 17.9 Å². The maximum absolute atomic E-state index is 12.7. The van der Waals surface area contributed by atoms with Crippen molar-refractivity contribution < 1.29 is 9.15 Å². The van der Waals surface area contributed by atoms with E-state index in [1.54, 1.807) is 29.1 Å². The van der Waals surface area contributed by atoms with Crippen LogP contribution in [0.15, 0.2) is 56.7 Å². The summed E-state index contributed by atoms with van der Waals surface area (Å²) in [6, 6.07) is 8.41. The highest BCUT2D eigenvalue weighted by atomic mass is 16.5. The lowest BCUT2D eigenvalue weighted by molar-refractivity contribution is 0.296. The van der Waals surface area contributed by atoms with E-state index in [1.807, 2.05) is 17.0 Å². The van der Waals surface area contributed by atoms with E-state index >= 15 is 0 Å². The third-order valence-corrected chi connectivity index (χ3v) is 4.51. The minimum absolute atomic E-state index is 0.118. The summed E-state index contributed by atoms with van der Waals surface area (Å²) in [6.07, 6.45) is 3.31. The zero-order chi connectivity index (χ0) is 18.6. The van der Waals surface area contributed by atoms with Crippen molar-refractivity contribution in [3.63, 3.8) is 0 Å². The molecule has 0 radical (unpaired) electrons. The molecule has 0 amide bonds. The van der Waals surface area contributed by atoms with Gasteiger partial charge in [-0.3, -0.25) is 4.79 Å². The Kier molecular flexibility index (Phi) is 4.88. The van der Waals surface area contributed by atoms with Gasteiger partial charge in [-0.05, 0) is 18.2 Å². The quantitative estimate of drug-likeness (QED) is 0.668. The second kappa shape index (κ2) is 7.63. The van der Waals surface area contributed by atoms with E-state index in [0.29, 0.717) is 30.3 Å². The van der Waals surface area contributed by atoms with Crippen LogP contribution in [0.2, 0.25) is 0 Å². The molecule has 1 aromatic carbocycles. The number of fused-ring (bicyclic) bond motifs is 1. The van der Waals surface area contributed by atoms with Gasteiger partial charge >= 0.3 is 5.63 Å². The molecule has 0 aliphatic carbocycles. The topological polar surface area (TPSA) is 89.6 Å². The molecule has 1 fully saturated rings. The molecule has 140 valence electrons. The van der Waals surface area contributed by atoms with Crippen LogP contribution in [0.3, 0.4) is 0 Å². The lowest BCUT2D eigenvalue weighted by Gasteiger charge is -2.27. The summed E-state index contributed by atoms with van der Waals surface area (Å²) in [7, 11) is 0. The molecule has 3 heterocycles. The molecule has 3 aromatic rings. The van der Waals surface area contributed by atoms with Gasteiger partial charge in [0.2, 0.25) is 0 Å². The van der Waals surface area contributed by atoms with Crippen LogP contribution >= 0.6 is 0 Å². The Morgan fingerprint density at radius 1 is 1.15 bits per heavy atom. The molecule has 0 spiro atoms. The van der Waals surface area contributed by atoms with Crippen LogP contribution in [0.1, 0.15) is 0 Å². The first-order chi connectivity index (χ1) is 13.2. The number of anilines is 1. The van der Waals surface area contributed by atoms with Crippen LogP contribution in [-0.4, -0.2) is 42.3 Å². The van der Waals surface area contributed by atoms with Crippen molar-refractivity contribution >= 4 is 16.8 Å². The van der Waals surface area contributed by atoms with E-state index in [0.717, 1.165) is 31.6 Å². The average Bonchev–Trinajstić information content (AvgIpc) is 2.69. The highest BCUT2D eigenvalue weighted by Crippen LogP contribution is 2.19. The molecule has 0 saturated carbocycles. The normalized spacial score (nSPS) is 14.4. The fourth-order valence-corrected chi connectivity index (χ4v) is 3.10. The van der Waals surface area contributed by atoms with Gasteiger partial charge in [0, 0.05) is 56.1 Å². The number of hydrogen-bond donors (Lipinski definition) is 1. The largest absolute Gasteiger partial charge is 0.492 e. The molecular weight excluding hydrogens is 348 g/mol. The van der Waals surface area contributed by atoms with Gasteiger partial charge in [-0.25, -0.2) is 9.78 Å². The molecule has 0 bridgehead atoms. The molecule has 1 N–H and O–H groups in total. The van der Waals surface area contributed by atoms with E-state index in [1.165, 1.54) is 6.07 Å². The Morgan fingerprint density at radius 2 is 1.96 bits per heavy atom. The highest BCUT2D eigenvalue weighted by Gasteiger charge is 2.16. The van der Waals surface area contributed by atoms with Crippen LogP contribution in [0.4, 0.5) is 5.82 Å². The van der Waals surface area contributed by atoms with Crippen molar-refractivity contribution in [2.24, 2.45) is 0 Å². The third-order valence-electron chi connectivity index (χ3n) is 4.51. The zero-order valence-electron chi connectivity index (χ0n) is 14.8. The Morgan fingerprint density at radius 3 is 2.81 bits per heavy atom. The van der Waals surface area contributed by atoms with Gasteiger partial charge in [-0.2, -0.15) is 0 Å². The van der Waals surface area contributed by atoms with Crippen LogP contribution in [0.25, 0.3) is 11.0 Å². The molecule has 8 nitrogen and oxygen atoms in total. The van der Waals surface area contributed by atoms with Crippen LogP contribution in [-0.2, 0) is 6.54 Å². The van der Waals surface area contributed by atoms with E-state index in [2.05, 4.69) is 10.3 Å². The lowest BCUT2D eigenvalue weighted by atomic mass is 10.2. The van der Waals surface area contributed by atoms with Gasteiger partial charge in [-0.15, -0.1) is 0 Å². The number of benzene rings is 1. The molecule has 0 unspecified atom stereocenters. The first-order valence-electron chi connectivity index (χ1n) is 8.88. The minimum Gasteiger partial charge on any atom is -0.492 e. The summed E-state index contributed by atoms with van der Waals surface area (Å²) in [5, 5.41) is 4.09. The molecule has 1 aliphatic heterocycles. The monoisotopic (exact) mass is 368 g/mol. The van der Waals surface area contributed by atoms with E-state index in [-0.39, 0.29) is 5.56 Å². The lowest BCUT2D eigenvalue weighted by Crippen LogP contribution is -2.46. The van der Waals surface area contributed by atoms with Crippen LogP contribution < -0.4 is 26.1 Å². The van der Waals surface area contributed by atoms with Gasteiger partial charge in [0.05, 0.1) is 6.54 Å². The van der Waals surface area contributed by atoms with Crippen molar-refractivity contribution in [2.75, 3.05) is 37.7 Å². The summed E-state index contributed by atoms with van der Waals surface area (Å²) in [6.45, 7) is 3.94. The van der Waals surface area contributed by atoms with Crippen LogP contribution in [0, 0.1) is 0 Å². The van der Waals surface area contributed by atoms with Crippen molar-refractivity contribution in [1.82, 2.24) is 14.9 Å². The highest BCUT2D eigenvalue weighted by molar-refractivity contribution is 5.77. The Bertz CT molecular complexity index is 1050. The predicted molar refractivity (Wildman–Crippen MR) is 102 cm³/mol. The SMILES string of the molecule is O=c1ccc2ccc(OCCn3ccnc(N4CCNCC4)c3=O)cc2o1. The van der Waals surface area contributed by atoms with Crippen molar-refractivity contribution in [1.29, 1.82) is 0 Å². The van der Waals surface area contributed by atoms with Gasteiger partial charge in [-0.1, -0.05) is 0 Å². The maximum atomic E-state index is 12.7. The average molecular weight is 368 g/mol. The van der Waals surface area contributed by atoms with E-state index in [9.17, 15) is 9.59 Å². The third kappa shape index (κ3) is 3.85. The van der Waals surface area contributed by atoms with Gasteiger partial charge < -0.3 is 23.9 Å². The molecule has 1 saturated heterocycles. The number of rotatable bonds is 5. The zero-order valence-corrected chi connectivity index (χ0v) is 14.8. The summed E-state index contributed by atoms with van der Waals surface area (Å²) in [5.41, 5.74) is -0.0435. The Labute approximate surface area is 155 Å². The van der Waals surface area contributed by atoms with Crippen LogP contribution in [0.5, 0.6) is 5.75 Å². The Balaban J connectivity index is 1.44. The second-order valence-corrected chi connectivity index (χ2v) is 6.29. The summed E-state index contributed by atoms with van der Waals surface area (Å²) in [4.78, 5) is 30.2. The number of ether oxygens (including phenoxy) is 1. The maximum Gasteiger partial charge on any atom is 0.336 e. The summed E-state index contributed by atoms with van der Waals surface area (Å²) in [5.74, 6) is 1.06. The van der Waals surface area contributed by atoms with E-state index < -0.39 is 5.63 Å². The standard InChI is InChI=1S/C19H20N4O4/c24-17-4-2-14-1-3-15(13-16(14)27-17)26-12-11-23-10-7-21-18(19(23)25)22-8-5-20-6-9-22/h1-4,7,10,13,20H,5-6,8-9,11-12H2. The fraction of sp³-hybridized carbons (Fsp3) is 0.316. The number of piperazine rings is 1. The number of hydrogen-bond acceptors (Lipinski definition) is 7. The number of aromatic nitrogens is 2. The Hall–Kier alpha value is -3.13. The molecular formula is C19H20N4O4. The molecule has 8 heteroatoms.